The molecule has 2 aromatic rings. The SMILES string of the molecule is CC(C)Cc1ccc2c(CC(C)C)cc(S(=O)(=O)O)cc2c1.[H-].[Na+]. The van der Waals surface area contributed by atoms with Crippen LogP contribution in [0.3, 0.4) is 0 Å². The molecule has 3 nitrogen and oxygen atoms in total. The summed E-state index contributed by atoms with van der Waals surface area (Å²) in [6.07, 6.45) is 1.73. The van der Waals surface area contributed by atoms with E-state index in [-0.39, 0.29) is 35.9 Å². The molecule has 0 heterocycles. The van der Waals surface area contributed by atoms with Crippen molar-refractivity contribution in [2.24, 2.45) is 11.8 Å². The Hall–Kier alpha value is -0.390. The molecule has 0 spiro atoms. The molecule has 0 aliphatic heterocycles. The molecule has 0 bridgehead atoms. The number of benzene rings is 2. The smallest absolute Gasteiger partial charge is 1.00 e. The van der Waals surface area contributed by atoms with Gasteiger partial charge in [0, 0.05) is 0 Å². The number of fused-ring (bicyclic) bond motifs is 1. The van der Waals surface area contributed by atoms with Crippen molar-refractivity contribution in [1.82, 2.24) is 0 Å². The first kappa shape index (κ1) is 20.7. The Labute approximate surface area is 163 Å². The summed E-state index contributed by atoms with van der Waals surface area (Å²) >= 11 is 0. The van der Waals surface area contributed by atoms with Crippen LogP contribution in [-0.2, 0) is 23.0 Å². The molecule has 0 aromatic heterocycles. The Morgan fingerprint density at radius 3 is 2.13 bits per heavy atom. The van der Waals surface area contributed by atoms with Crippen molar-refractivity contribution in [3.8, 4) is 0 Å². The van der Waals surface area contributed by atoms with Crippen LogP contribution in [0.5, 0.6) is 0 Å². The van der Waals surface area contributed by atoms with Gasteiger partial charge in [0.15, 0.2) is 0 Å². The summed E-state index contributed by atoms with van der Waals surface area (Å²) in [5.74, 6) is 0.951. The van der Waals surface area contributed by atoms with Crippen LogP contribution in [0.25, 0.3) is 10.8 Å². The maximum atomic E-state index is 11.5. The summed E-state index contributed by atoms with van der Waals surface area (Å²) < 4.78 is 32.5. The molecule has 122 valence electrons. The minimum atomic E-state index is -4.19. The van der Waals surface area contributed by atoms with Gasteiger partial charge in [-0.2, -0.15) is 8.42 Å². The van der Waals surface area contributed by atoms with Gasteiger partial charge in [-0.15, -0.1) is 0 Å². The fraction of sp³-hybridized carbons (Fsp3) is 0.444. The van der Waals surface area contributed by atoms with Crippen LogP contribution in [0, 0.1) is 11.8 Å². The predicted molar refractivity (Wildman–Crippen MR) is 92.0 cm³/mol. The first-order valence-electron chi connectivity index (χ1n) is 7.70. The third kappa shape index (κ3) is 5.57. The second kappa shape index (κ2) is 8.13. The molecule has 0 unspecified atom stereocenters. The van der Waals surface area contributed by atoms with Crippen molar-refractivity contribution >= 4 is 20.9 Å². The third-order valence-electron chi connectivity index (χ3n) is 3.65. The molecule has 1 N–H and O–H groups in total. The van der Waals surface area contributed by atoms with Crippen molar-refractivity contribution < 1.29 is 44.0 Å². The van der Waals surface area contributed by atoms with Crippen molar-refractivity contribution in [2.45, 2.75) is 45.4 Å². The monoisotopic (exact) mass is 344 g/mol. The van der Waals surface area contributed by atoms with Crippen LogP contribution in [0.2, 0.25) is 0 Å². The Morgan fingerprint density at radius 1 is 1.00 bits per heavy atom. The Morgan fingerprint density at radius 2 is 1.61 bits per heavy atom. The number of hydrogen-bond donors (Lipinski definition) is 1. The summed E-state index contributed by atoms with van der Waals surface area (Å²) in [6, 6.07) is 9.38. The largest absolute Gasteiger partial charge is 1.00 e. The van der Waals surface area contributed by atoms with Gasteiger partial charge >= 0.3 is 29.6 Å². The van der Waals surface area contributed by atoms with Gasteiger partial charge in [0.2, 0.25) is 0 Å². The van der Waals surface area contributed by atoms with E-state index in [4.69, 9.17) is 0 Å². The van der Waals surface area contributed by atoms with Gasteiger partial charge in [-0.3, -0.25) is 4.55 Å². The molecule has 0 amide bonds. The van der Waals surface area contributed by atoms with E-state index in [0.29, 0.717) is 11.8 Å². The molecule has 0 atom stereocenters. The average Bonchev–Trinajstić information content (AvgIpc) is 2.35. The van der Waals surface area contributed by atoms with E-state index in [2.05, 4.69) is 39.8 Å². The second-order valence-electron chi connectivity index (χ2n) is 6.81. The molecule has 2 aromatic carbocycles. The molecular weight excluding hydrogens is 319 g/mol. The molecule has 0 fully saturated rings. The van der Waals surface area contributed by atoms with E-state index in [9.17, 15) is 13.0 Å². The zero-order valence-corrected chi connectivity index (χ0v) is 17.4. The van der Waals surface area contributed by atoms with E-state index in [1.54, 1.807) is 12.1 Å². The van der Waals surface area contributed by atoms with Gasteiger partial charge in [-0.1, -0.05) is 45.9 Å². The van der Waals surface area contributed by atoms with Crippen molar-refractivity contribution in [3.63, 3.8) is 0 Å². The van der Waals surface area contributed by atoms with E-state index >= 15 is 0 Å². The molecular formula is C18H25NaO3S. The van der Waals surface area contributed by atoms with E-state index in [1.807, 2.05) is 6.07 Å². The average molecular weight is 344 g/mol. The van der Waals surface area contributed by atoms with Gasteiger partial charge < -0.3 is 1.43 Å². The van der Waals surface area contributed by atoms with Crippen LogP contribution in [0.1, 0.15) is 40.2 Å². The normalized spacial score (nSPS) is 12.0. The Kier molecular flexibility index (Phi) is 7.30. The summed E-state index contributed by atoms with van der Waals surface area (Å²) in [5, 5.41) is 1.94. The maximum Gasteiger partial charge on any atom is 1.00 e. The molecule has 0 radical (unpaired) electrons. The molecule has 0 aliphatic carbocycles. The minimum Gasteiger partial charge on any atom is -1.00 e. The maximum absolute atomic E-state index is 11.5. The predicted octanol–water partition coefficient (Wildman–Crippen LogP) is 1.60. The van der Waals surface area contributed by atoms with Crippen LogP contribution >= 0.6 is 0 Å². The van der Waals surface area contributed by atoms with Crippen molar-refractivity contribution in [2.75, 3.05) is 0 Å². The van der Waals surface area contributed by atoms with E-state index in [1.165, 1.54) is 5.56 Å². The number of hydrogen-bond acceptors (Lipinski definition) is 2. The zero-order valence-electron chi connectivity index (χ0n) is 15.6. The fourth-order valence-corrected chi connectivity index (χ4v) is 3.39. The second-order valence-corrected chi connectivity index (χ2v) is 8.23. The third-order valence-corrected chi connectivity index (χ3v) is 4.48. The Balaban J connectivity index is 0.00000264. The molecule has 23 heavy (non-hydrogen) atoms. The summed E-state index contributed by atoms with van der Waals surface area (Å²) in [6.45, 7) is 8.50. The quantitative estimate of drug-likeness (QED) is 0.662. The van der Waals surface area contributed by atoms with Gasteiger partial charge in [0.25, 0.3) is 10.1 Å². The molecule has 0 saturated heterocycles. The van der Waals surface area contributed by atoms with Crippen LogP contribution in [0.4, 0.5) is 0 Å². The molecule has 5 heteroatoms. The summed E-state index contributed by atoms with van der Waals surface area (Å²) in [5.41, 5.74) is 2.15. The topological polar surface area (TPSA) is 54.4 Å². The van der Waals surface area contributed by atoms with Crippen molar-refractivity contribution in [3.05, 3.63) is 41.5 Å². The Bertz CT molecular complexity index is 786. The van der Waals surface area contributed by atoms with Gasteiger partial charge in [-0.25, -0.2) is 0 Å². The van der Waals surface area contributed by atoms with Gasteiger partial charge in [0.1, 0.15) is 0 Å². The number of rotatable bonds is 5. The summed E-state index contributed by atoms with van der Waals surface area (Å²) in [4.78, 5) is -0.0163. The van der Waals surface area contributed by atoms with Crippen LogP contribution in [-0.4, -0.2) is 13.0 Å². The molecule has 0 aliphatic rings. The summed E-state index contributed by atoms with van der Waals surface area (Å²) in [7, 11) is -4.19. The van der Waals surface area contributed by atoms with Gasteiger partial charge in [0.05, 0.1) is 4.90 Å². The van der Waals surface area contributed by atoms with Crippen LogP contribution in [0.15, 0.2) is 35.2 Å². The fourth-order valence-electron chi connectivity index (χ4n) is 2.82. The zero-order chi connectivity index (χ0) is 16.5. The standard InChI is InChI=1S/C18H24O3S.Na.H/c1-12(2)7-14-5-6-18-15(8-13(3)4)10-17(22(19,20)21)11-16(18)9-14;;/h5-6,9-13H,7-8H2,1-4H3,(H,19,20,21);;/q;+1;-1. The van der Waals surface area contributed by atoms with Crippen molar-refractivity contribution in [1.29, 1.82) is 0 Å². The first-order valence-corrected chi connectivity index (χ1v) is 9.14. The van der Waals surface area contributed by atoms with E-state index in [0.717, 1.165) is 29.2 Å². The minimum absolute atomic E-state index is 0. The molecule has 2 rings (SSSR count). The van der Waals surface area contributed by atoms with Crippen LogP contribution < -0.4 is 29.6 Å². The first-order chi connectivity index (χ1) is 10.2. The van der Waals surface area contributed by atoms with E-state index < -0.39 is 10.1 Å². The van der Waals surface area contributed by atoms with Gasteiger partial charge in [-0.05, 0) is 58.7 Å². The molecule has 0 saturated carbocycles.